The molecule has 0 aliphatic rings. The van der Waals surface area contributed by atoms with Crippen LogP contribution in [0.1, 0.15) is 5.56 Å². The minimum atomic E-state index is 0.420. The molecule has 2 rings (SSSR count). The molecule has 0 saturated heterocycles. The standard InChI is InChI=1S/C10H9N3S/c11-4-3-6-5-14-10-7(6)1-2-8(12)9(10)13/h1-2,5H,3,12-13H2. The Bertz CT molecular complexity index is 522. The molecule has 70 valence electrons. The molecule has 0 fully saturated rings. The van der Waals surface area contributed by atoms with E-state index in [1.807, 2.05) is 11.4 Å². The van der Waals surface area contributed by atoms with Gasteiger partial charge in [0.05, 0.1) is 28.6 Å². The number of benzene rings is 1. The number of hydrogen-bond acceptors (Lipinski definition) is 4. The van der Waals surface area contributed by atoms with Crippen molar-refractivity contribution in [2.75, 3.05) is 11.5 Å². The molecule has 0 unspecified atom stereocenters. The zero-order valence-electron chi connectivity index (χ0n) is 7.45. The summed E-state index contributed by atoms with van der Waals surface area (Å²) in [5.41, 5.74) is 13.8. The summed E-state index contributed by atoms with van der Waals surface area (Å²) in [6.07, 6.45) is 0.420. The average Bonchev–Trinajstić information content (AvgIpc) is 2.57. The molecule has 3 nitrogen and oxygen atoms in total. The largest absolute Gasteiger partial charge is 0.397 e. The van der Waals surface area contributed by atoms with Crippen LogP contribution >= 0.6 is 11.3 Å². The lowest BCUT2D eigenvalue weighted by atomic mass is 10.1. The third-order valence-corrected chi connectivity index (χ3v) is 3.24. The van der Waals surface area contributed by atoms with E-state index in [0.29, 0.717) is 17.8 Å². The minimum absolute atomic E-state index is 0.420. The molecule has 0 amide bonds. The van der Waals surface area contributed by atoms with E-state index in [4.69, 9.17) is 16.7 Å². The topological polar surface area (TPSA) is 75.8 Å². The summed E-state index contributed by atoms with van der Waals surface area (Å²) >= 11 is 1.54. The maximum absolute atomic E-state index is 8.62. The smallest absolute Gasteiger partial charge is 0.0729 e. The normalized spacial score (nSPS) is 10.2. The molecular weight excluding hydrogens is 194 g/mol. The molecule has 1 heterocycles. The van der Waals surface area contributed by atoms with Crippen molar-refractivity contribution in [1.29, 1.82) is 5.26 Å². The minimum Gasteiger partial charge on any atom is -0.397 e. The third-order valence-electron chi connectivity index (χ3n) is 2.16. The first-order valence-electron chi connectivity index (χ1n) is 4.15. The van der Waals surface area contributed by atoms with E-state index in [2.05, 4.69) is 6.07 Å². The first-order valence-corrected chi connectivity index (χ1v) is 5.03. The number of fused-ring (bicyclic) bond motifs is 1. The zero-order chi connectivity index (χ0) is 10.1. The Labute approximate surface area is 85.6 Å². The average molecular weight is 203 g/mol. The highest BCUT2D eigenvalue weighted by atomic mass is 32.1. The van der Waals surface area contributed by atoms with Crippen molar-refractivity contribution in [2.24, 2.45) is 0 Å². The van der Waals surface area contributed by atoms with Gasteiger partial charge < -0.3 is 11.5 Å². The van der Waals surface area contributed by atoms with Gasteiger partial charge in [0, 0.05) is 0 Å². The molecule has 1 aromatic heterocycles. The van der Waals surface area contributed by atoms with Crippen LogP contribution in [0.2, 0.25) is 0 Å². The highest BCUT2D eigenvalue weighted by molar-refractivity contribution is 7.18. The maximum atomic E-state index is 8.62. The Morgan fingerprint density at radius 3 is 2.86 bits per heavy atom. The van der Waals surface area contributed by atoms with E-state index in [9.17, 15) is 0 Å². The Kier molecular flexibility index (Phi) is 2.02. The lowest BCUT2D eigenvalue weighted by Crippen LogP contribution is -1.93. The van der Waals surface area contributed by atoms with Crippen molar-refractivity contribution < 1.29 is 0 Å². The Morgan fingerprint density at radius 2 is 2.14 bits per heavy atom. The molecule has 0 bridgehead atoms. The van der Waals surface area contributed by atoms with Crippen molar-refractivity contribution in [3.8, 4) is 6.07 Å². The SMILES string of the molecule is N#CCc1csc2c(N)c(N)ccc12. The van der Waals surface area contributed by atoms with E-state index in [-0.39, 0.29) is 0 Å². The number of hydrogen-bond donors (Lipinski definition) is 2. The summed E-state index contributed by atoms with van der Waals surface area (Å²) in [6.45, 7) is 0. The van der Waals surface area contributed by atoms with Gasteiger partial charge in [-0.1, -0.05) is 6.07 Å². The second-order valence-electron chi connectivity index (χ2n) is 3.04. The van der Waals surface area contributed by atoms with E-state index >= 15 is 0 Å². The van der Waals surface area contributed by atoms with Crippen molar-refractivity contribution in [1.82, 2.24) is 0 Å². The zero-order valence-corrected chi connectivity index (χ0v) is 8.27. The number of nitrogens with zero attached hydrogens (tertiary/aromatic N) is 1. The van der Waals surface area contributed by atoms with Gasteiger partial charge in [0.15, 0.2) is 0 Å². The van der Waals surface area contributed by atoms with Crippen LogP contribution in [0.5, 0.6) is 0 Å². The first-order chi connectivity index (χ1) is 6.74. The predicted molar refractivity (Wildman–Crippen MR) is 60.0 cm³/mol. The Hall–Kier alpha value is -1.73. The van der Waals surface area contributed by atoms with Crippen molar-refractivity contribution in [2.45, 2.75) is 6.42 Å². The fourth-order valence-electron chi connectivity index (χ4n) is 1.41. The fraction of sp³-hybridized carbons (Fsp3) is 0.100. The summed E-state index contributed by atoms with van der Waals surface area (Å²) in [5.74, 6) is 0. The van der Waals surface area contributed by atoms with Gasteiger partial charge >= 0.3 is 0 Å². The summed E-state index contributed by atoms with van der Waals surface area (Å²) in [6, 6.07) is 5.83. The monoisotopic (exact) mass is 203 g/mol. The molecule has 0 radical (unpaired) electrons. The maximum Gasteiger partial charge on any atom is 0.0729 e. The lowest BCUT2D eigenvalue weighted by Gasteiger charge is -2.00. The molecule has 0 atom stereocenters. The first kappa shape index (κ1) is 8.85. The number of thiophene rings is 1. The number of anilines is 2. The third kappa shape index (κ3) is 1.19. The molecular formula is C10H9N3S. The summed E-state index contributed by atoms with van der Waals surface area (Å²) in [5, 5.41) is 11.6. The highest BCUT2D eigenvalue weighted by Crippen LogP contribution is 2.34. The van der Waals surface area contributed by atoms with Crippen LogP contribution in [0.3, 0.4) is 0 Å². The molecule has 0 spiro atoms. The van der Waals surface area contributed by atoms with Gasteiger partial charge in [-0.25, -0.2) is 0 Å². The Morgan fingerprint density at radius 1 is 1.36 bits per heavy atom. The van der Waals surface area contributed by atoms with E-state index in [1.165, 1.54) is 11.3 Å². The fourth-order valence-corrected chi connectivity index (χ4v) is 2.45. The molecule has 2 aromatic rings. The van der Waals surface area contributed by atoms with Gasteiger partial charge in [-0.2, -0.15) is 5.26 Å². The summed E-state index contributed by atoms with van der Waals surface area (Å²) in [7, 11) is 0. The van der Waals surface area contributed by atoms with Gasteiger partial charge in [-0.3, -0.25) is 0 Å². The van der Waals surface area contributed by atoms with Crippen LogP contribution in [0.4, 0.5) is 11.4 Å². The van der Waals surface area contributed by atoms with Crippen molar-refractivity contribution in [3.63, 3.8) is 0 Å². The summed E-state index contributed by atoms with van der Waals surface area (Å²) < 4.78 is 0.982. The molecule has 0 aliphatic heterocycles. The van der Waals surface area contributed by atoms with Crippen LogP contribution in [-0.2, 0) is 6.42 Å². The molecule has 14 heavy (non-hydrogen) atoms. The van der Waals surface area contributed by atoms with Gasteiger partial charge in [0.1, 0.15) is 0 Å². The lowest BCUT2D eigenvalue weighted by molar-refractivity contribution is 1.30. The van der Waals surface area contributed by atoms with Crippen molar-refractivity contribution in [3.05, 3.63) is 23.1 Å². The number of nitriles is 1. The van der Waals surface area contributed by atoms with Crippen LogP contribution < -0.4 is 11.5 Å². The van der Waals surface area contributed by atoms with Crippen LogP contribution in [0.15, 0.2) is 17.5 Å². The quantitative estimate of drug-likeness (QED) is 0.697. The van der Waals surface area contributed by atoms with Gasteiger partial charge in [0.25, 0.3) is 0 Å². The second kappa shape index (κ2) is 3.20. The van der Waals surface area contributed by atoms with Gasteiger partial charge in [-0.05, 0) is 22.4 Å². The molecule has 0 saturated carbocycles. The van der Waals surface area contributed by atoms with Gasteiger partial charge in [-0.15, -0.1) is 11.3 Å². The highest BCUT2D eigenvalue weighted by Gasteiger charge is 2.07. The van der Waals surface area contributed by atoms with E-state index < -0.39 is 0 Å². The predicted octanol–water partition coefficient (Wildman–Crippen LogP) is 2.13. The molecule has 4 heteroatoms. The summed E-state index contributed by atoms with van der Waals surface area (Å²) in [4.78, 5) is 0. The van der Waals surface area contributed by atoms with Gasteiger partial charge in [0.2, 0.25) is 0 Å². The van der Waals surface area contributed by atoms with E-state index in [0.717, 1.165) is 15.6 Å². The second-order valence-corrected chi connectivity index (χ2v) is 3.92. The van der Waals surface area contributed by atoms with Crippen LogP contribution in [0.25, 0.3) is 10.1 Å². The van der Waals surface area contributed by atoms with Crippen LogP contribution in [0, 0.1) is 11.3 Å². The Balaban J connectivity index is 2.72. The van der Waals surface area contributed by atoms with Crippen molar-refractivity contribution >= 4 is 32.8 Å². The molecule has 4 N–H and O–H groups in total. The number of rotatable bonds is 1. The molecule has 1 aromatic carbocycles. The number of nitrogen functional groups attached to an aromatic ring is 2. The van der Waals surface area contributed by atoms with Crippen LogP contribution in [-0.4, -0.2) is 0 Å². The molecule has 0 aliphatic carbocycles. The van der Waals surface area contributed by atoms with E-state index in [1.54, 1.807) is 6.07 Å². The number of nitrogens with two attached hydrogens (primary N) is 2.